The number of rotatable bonds is 17. The van der Waals surface area contributed by atoms with E-state index in [0.717, 1.165) is 6.42 Å². The smallest absolute Gasteiger partial charge is 0.247 e. The normalized spacial score (nSPS) is 11.0. The second kappa shape index (κ2) is 18.0. The van der Waals surface area contributed by atoms with Crippen LogP contribution in [0.25, 0.3) is 0 Å². The van der Waals surface area contributed by atoms with E-state index in [1.807, 2.05) is 0 Å². The van der Waals surface area contributed by atoms with Gasteiger partial charge in [0.25, 0.3) is 0 Å². The van der Waals surface area contributed by atoms with Crippen molar-refractivity contribution in [3.63, 3.8) is 0 Å². The highest BCUT2D eigenvalue weighted by molar-refractivity contribution is 6.63. The van der Waals surface area contributed by atoms with Gasteiger partial charge in [-0.1, -0.05) is 90.4 Å². The summed E-state index contributed by atoms with van der Waals surface area (Å²) >= 11 is 5.18. The Hall–Kier alpha value is -0.0800. The molecule has 0 aliphatic heterocycles. The lowest BCUT2D eigenvalue weighted by Gasteiger charge is -2.03. The topological polar surface area (TPSA) is 26.3 Å². The van der Waals surface area contributed by atoms with Crippen molar-refractivity contribution in [2.24, 2.45) is 0 Å². The van der Waals surface area contributed by atoms with Gasteiger partial charge in [0.1, 0.15) is 6.61 Å². The van der Waals surface area contributed by atoms with E-state index in [4.69, 9.17) is 16.3 Å². The molecule has 0 atom stereocenters. The summed E-state index contributed by atoms with van der Waals surface area (Å²) < 4.78 is 5.12. The van der Waals surface area contributed by atoms with Crippen LogP contribution >= 0.6 is 11.6 Å². The van der Waals surface area contributed by atoms with Crippen molar-refractivity contribution in [3.8, 4) is 0 Å². The average molecular weight is 319 g/mol. The van der Waals surface area contributed by atoms with Gasteiger partial charge in [-0.25, -0.2) is 0 Å². The monoisotopic (exact) mass is 318 g/mol. The molecule has 0 N–H and O–H groups in total. The summed E-state index contributed by atoms with van der Waals surface area (Å²) in [6.07, 6.45) is 19.0. The zero-order valence-electron chi connectivity index (χ0n) is 14.0. The van der Waals surface area contributed by atoms with Gasteiger partial charge < -0.3 is 4.74 Å². The van der Waals surface area contributed by atoms with Crippen molar-refractivity contribution < 1.29 is 9.53 Å². The molecule has 0 unspecified atom stereocenters. The summed E-state index contributed by atoms with van der Waals surface area (Å²) in [6.45, 7) is 2.99. The average Bonchev–Trinajstić information content (AvgIpc) is 2.46. The molecular formula is C18H35ClO2. The predicted molar refractivity (Wildman–Crippen MR) is 92.0 cm³/mol. The van der Waals surface area contributed by atoms with Gasteiger partial charge in [-0.3, -0.25) is 4.79 Å². The molecule has 126 valence electrons. The van der Waals surface area contributed by atoms with Crippen molar-refractivity contribution in [2.45, 2.75) is 96.8 Å². The van der Waals surface area contributed by atoms with Crippen molar-refractivity contribution in [3.05, 3.63) is 0 Å². The van der Waals surface area contributed by atoms with Gasteiger partial charge in [-0.15, -0.1) is 0 Å². The van der Waals surface area contributed by atoms with Crippen LogP contribution < -0.4 is 0 Å². The molecule has 21 heavy (non-hydrogen) atoms. The van der Waals surface area contributed by atoms with Crippen LogP contribution in [-0.4, -0.2) is 18.5 Å². The summed E-state index contributed by atoms with van der Waals surface area (Å²) in [5, 5.41) is -0.402. The molecule has 0 amide bonds. The molecule has 0 aromatic carbocycles. The Bertz CT molecular complexity index is 219. The molecule has 0 aliphatic rings. The second-order valence-electron chi connectivity index (χ2n) is 6.00. The second-order valence-corrected chi connectivity index (χ2v) is 6.43. The van der Waals surface area contributed by atoms with Crippen molar-refractivity contribution >= 4 is 16.8 Å². The fourth-order valence-corrected chi connectivity index (χ4v) is 2.63. The third-order valence-corrected chi connectivity index (χ3v) is 3.97. The summed E-state index contributed by atoms with van der Waals surface area (Å²) in [5.41, 5.74) is 0. The molecule has 0 spiro atoms. The van der Waals surface area contributed by atoms with Gasteiger partial charge in [0.15, 0.2) is 0 Å². The Labute approximate surface area is 137 Å². The highest BCUT2D eigenvalue weighted by atomic mass is 35.5. The SMILES string of the molecule is CCCCCCCCCCCCCCCCOCC(=O)Cl. The predicted octanol–water partition coefficient (Wildman–Crippen LogP) is 6.25. The first-order valence-electron chi connectivity index (χ1n) is 9.03. The molecule has 0 rings (SSSR count). The van der Waals surface area contributed by atoms with Crippen LogP contribution in [0, 0.1) is 0 Å². The van der Waals surface area contributed by atoms with Crippen LogP contribution in [0.1, 0.15) is 96.8 Å². The van der Waals surface area contributed by atoms with Crippen molar-refractivity contribution in [1.29, 1.82) is 0 Å². The summed E-state index contributed by atoms with van der Waals surface area (Å²) in [7, 11) is 0. The Morgan fingerprint density at radius 3 is 1.48 bits per heavy atom. The molecule has 0 bridgehead atoms. The first-order valence-corrected chi connectivity index (χ1v) is 9.41. The van der Waals surface area contributed by atoms with E-state index in [1.165, 1.54) is 83.5 Å². The van der Waals surface area contributed by atoms with E-state index in [2.05, 4.69) is 6.92 Å². The van der Waals surface area contributed by atoms with Crippen LogP contribution in [-0.2, 0) is 9.53 Å². The third kappa shape index (κ3) is 19.9. The van der Waals surface area contributed by atoms with Gasteiger partial charge in [0.2, 0.25) is 5.24 Å². The van der Waals surface area contributed by atoms with E-state index in [1.54, 1.807) is 0 Å². The van der Waals surface area contributed by atoms with Gasteiger partial charge in [-0.05, 0) is 18.0 Å². The zero-order valence-corrected chi connectivity index (χ0v) is 14.8. The van der Waals surface area contributed by atoms with Gasteiger partial charge in [-0.2, -0.15) is 0 Å². The minimum Gasteiger partial charge on any atom is -0.372 e. The Kier molecular flexibility index (Phi) is 17.9. The lowest BCUT2D eigenvalue weighted by Crippen LogP contribution is -2.02. The third-order valence-electron chi connectivity index (χ3n) is 3.86. The van der Waals surface area contributed by atoms with Crippen LogP contribution in [0.5, 0.6) is 0 Å². The number of unbranched alkanes of at least 4 members (excludes halogenated alkanes) is 13. The molecule has 3 heteroatoms. The maximum absolute atomic E-state index is 10.4. The molecular weight excluding hydrogens is 284 g/mol. The van der Waals surface area contributed by atoms with Crippen LogP contribution in [0.15, 0.2) is 0 Å². The van der Waals surface area contributed by atoms with Gasteiger partial charge in [0.05, 0.1) is 0 Å². The molecule has 0 aromatic heterocycles. The van der Waals surface area contributed by atoms with E-state index in [9.17, 15) is 4.79 Å². The first kappa shape index (κ1) is 20.9. The van der Waals surface area contributed by atoms with E-state index >= 15 is 0 Å². The Balaban J connectivity index is 2.95. The summed E-state index contributed by atoms with van der Waals surface area (Å²) in [6, 6.07) is 0. The number of ether oxygens (including phenoxy) is 1. The fourth-order valence-electron chi connectivity index (χ4n) is 2.55. The molecule has 0 aromatic rings. The number of hydrogen-bond donors (Lipinski definition) is 0. The molecule has 0 saturated carbocycles. The standard InChI is InChI=1S/C18H35ClO2/c1-2-3-4-5-6-7-8-9-10-11-12-13-14-15-16-21-17-18(19)20/h2-17H2,1H3. The molecule has 0 aliphatic carbocycles. The molecule has 0 fully saturated rings. The van der Waals surface area contributed by atoms with Crippen LogP contribution in [0.2, 0.25) is 0 Å². The number of carbonyl (C=O) groups excluding carboxylic acids is 1. The highest BCUT2D eigenvalue weighted by Crippen LogP contribution is 2.12. The first-order chi connectivity index (χ1) is 10.3. The van der Waals surface area contributed by atoms with E-state index in [0.29, 0.717) is 6.61 Å². The van der Waals surface area contributed by atoms with Gasteiger partial charge in [0, 0.05) is 6.61 Å². The Morgan fingerprint density at radius 2 is 1.10 bits per heavy atom. The number of halogens is 1. The maximum atomic E-state index is 10.4. The van der Waals surface area contributed by atoms with E-state index < -0.39 is 5.24 Å². The number of carbonyl (C=O) groups is 1. The van der Waals surface area contributed by atoms with Crippen molar-refractivity contribution in [2.75, 3.05) is 13.2 Å². The Morgan fingerprint density at radius 1 is 0.714 bits per heavy atom. The summed E-state index contributed by atoms with van der Waals surface area (Å²) in [5.74, 6) is 0. The largest absolute Gasteiger partial charge is 0.372 e. The van der Waals surface area contributed by atoms with E-state index in [-0.39, 0.29) is 6.61 Å². The molecule has 0 radical (unpaired) electrons. The lowest BCUT2D eigenvalue weighted by molar-refractivity contribution is -0.115. The van der Waals surface area contributed by atoms with Crippen molar-refractivity contribution in [1.82, 2.24) is 0 Å². The quantitative estimate of drug-likeness (QED) is 0.234. The molecule has 0 saturated heterocycles. The fraction of sp³-hybridized carbons (Fsp3) is 0.944. The highest BCUT2D eigenvalue weighted by Gasteiger charge is 1.96. The van der Waals surface area contributed by atoms with Gasteiger partial charge >= 0.3 is 0 Å². The minimum absolute atomic E-state index is 0.0556. The van der Waals surface area contributed by atoms with Crippen LogP contribution in [0.3, 0.4) is 0 Å². The maximum Gasteiger partial charge on any atom is 0.247 e. The summed E-state index contributed by atoms with van der Waals surface area (Å²) in [4.78, 5) is 10.4. The minimum atomic E-state index is -0.402. The lowest BCUT2D eigenvalue weighted by atomic mass is 10.0. The number of hydrogen-bond acceptors (Lipinski definition) is 2. The zero-order chi connectivity index (χ0) is 15.6. The molecule has 0 heterocycles. The molecule has 2 nitrogen and oxygen atoms in total. The van der Waals surface area contributed by atoms with Crippen LogP contribution in [0.4, 0.5) is 0 Å².